The molecule has 0 saturated carbocycles. The van der Waals surface area contributed by atoms with Gasteiger partial charge in [0.1, 0.15) is 5.54 Å². The van der Waals surface area contributed by atoms with E-state index in [1.807, 2.05) is 20.9 Å². The van der Waals surface area contributed by atoms with Gasteiger partial charge in [-0.2, -0.15) is 0 Å². The SMILES string of the molecule is CCCN1CCN(CCCC(C)(NC)C(=O)OCC)CC1. The molecule has 1 saturated heterocycles. The van der Waals surface area contributed by atoms with Crippen LogP contribution >= 0.6 is 0 Å². The van der Waals surface area contributed by atoms with Crippen molar-refractivity contribution in [2.24, 2.45) is 0 Å². The molecule has 1 atom stereocenters. The molecule has 1 heterocycles. The van der Waals surface area contributed by atoms with Gasteiger partial charge in [0.15, 0.2) is 0 Å². The minimum atomic E-state index is -0.556. The Morgan fingerprint density at radius 1 is 1.14 bits per heavy atom. The Kier molecular flexibility index (Phi) is 8.22. The molecule has 1 aliphatic rings. The van der Waals surface area contributed by atoms with Gasteiger partial charge in [-0.05, 0) is 53.2 Å². The predicted octanol–water partition coefficient (Wildman–Crippen LogP) is 1.34. The Balaban J connectivity index is 2.27. The summed E-state index contributed by atoms with van der Waals surface area (Å²) >= 11 is 0. The molecule has 5 nitrogen and oxygen atoms in total. The van der Waals surface area contributed by atoms with Crippen LogP contribution in [0.25, 0.3) is 0 Å². The number of nitrogens with zero attached hydrogens (tertiary/aromatic N) is 2. The Morgan fingerprint density at radius 2 is 1.71 bits per heavy atom. The van der Waals surface area contributed by atoms with Gasteiger partial charge in [-0.25, -0.2) is 0 Å². The van der Waals surface area contributed by atoms with Gasteiger partial charge in [0, 0.05) is 26.2 Å². The minimum Gasteiger partial charge on any atom is -0.465 e. The maximum absolute atomic E-state index is 12.0. The number of hydrogen-bond acceptors (Lipinski definition) is 5. The maximum Gasteiger partial charge on any atom is 0.326 e. The van der Waals surface area contributed by atoms with Crippen LogP contribution in [0.4, 0.5) is 0 Å². The van der Waals surface area contributed by atoms with E-state index in [1.54, 1.807) is 0 Å². The van der Waals surface area contributed by atoms with Crippen LogP contribution in [0.2, 0.25) is 0 Å². The topological polar surface area (TPSA) is 44.8 Å². The number of ether oxygens (including phenoxy) is 1. The Hall–Kier alpha value is -0.650. The van der Waals surface area contributed by atoms with E-state index in [1.165, 1.54) is 26.1 Å². The summed E-state index contributed by atoms with van der Waals surface area (Å²) in [7, 11) is 1.83. The molecule has 0 aromatic rings. The molecule has 1 fully saturated rings. The average molecular weight is 299 g/mol. The van der Waals surface area contributed by atoms with Crippen LogP contribution in [0.1, 0.15) is 40.0 Å². The van der Waals surface area contributed by atoms with E-state index in [9.17, 15) is 4.79 Å². The van der Waals surface area contributed by atoms with Gasteiger partial charge in [0.25, 0.3) is 0 Å². The molecule has 0 aromatic carbocycles. The van der Waals surface area contributed by atoms with Crippen LogP contribution in [0.3, 0.4) is 0 Å². The molecule has 1 aliphatic heterocycles. The van der Waals surface area contributed by atoms with Gasteiger partial charge < -0.3 is 19.9 Å². The van der Waals surface area contributed by atoms with E-state index >= 15 is 0 Å². The van der Waals surface area contributed by atoms with E-state index in [2.05, 4.69) is 22.0 Å². The fourth-order valence-electron chi connectivity index (χ4n) is 2.83. The highest BCUT2D eigenvalue weighted by Crippen LogP contribution is 2.15. The summed E-state index contributed by atoms with van der Waals surface area (Å²) in [5.41, 5.74) is -0.556. The summed E-state index contributed by atoms with van der Waals surface area (Å²) in [5.74, 6) is -0.139. The zero-order valence-corrected chi connectivity index (χ0v) is 14.3. The van der Waals surface area contributed by atoms with Crippen LogP contribution in [0.15, 0.2) is 0 Å². The number of hydrogen-bond donors (Lipinski definition) is 1. The van der Waals surface area contributed by atoms with Crippen LogP contribution in [0, 0.1) is 0 Å². The van der Waals surface area contributed by atoms with Gasteiger partial charge in [-0.1, -0.05) is 6.92 Å². The molecule has 0 spiro atoms. The molecule has 0 bridgehead atoms. The van der Waals surface area contributed by atoms with Gasteiger partial charge in [-0.3, -0.25) is 4.79 Å². The summed E-state index contributed by atoms with van der Waals surface area (Å²) < 4.78 is 5.16. The zero-order valence-electron chi connectivity index (χ0n) is 14.3. The van der Waals surface area contributed by atoms with Crippen molar-refractivity contribution in [3.05, 3.63) is 0 Å². The first-order valence-electron chi connectivity index (χ1n) is 8.36. The van der Waals surface area contributed by atoms with Crippen molar-refractivity contribution >= 4 is 5.97 Å². The molecule has 1 rings (SSSR count). The quantitative estimate of drug-likeness (QED) is 0.651. The molecule has 1 N–H and O–H groups in total. The minimum absolute atomic E-state index is 0.139. The van der Waals surface area contributed by atoms with E-state index < -0.39 is 5.54 Å². The number of nitrogens with one attached hydrogen (secondary N) is 1. The molecular formula is C16H33N3O2. The monoisotopic (exact) mass is 299 g/mol. The highest BCUT2D eigenvalue weighted by Gasteiger charge is 2.32. The predicted molar refractivity (Wildman–Crippen MR) is 86.5 cm³/mol. The van der Waals surface area contributed by atoms with Crippen LogP contribution in [-0.2, 0) is 9.53 Å². The van der Waals surface area contributed by atoms with Gasteiger partial charge in [-0.15, -0.1) is 0 Å². The lowest BCUT2D eigenvalue weighted by molar-refractivity contribution is -0.150. The standard InChI is InChI=1S/C16H33N3O2/c1-5-9-18-11-13-19(14-12-18)10-7-8-16(3,17-4)15(20)21-6-2/h17H,5-14H2,1-4H3. The summed E-state index contributed by atoms with van der Waals surface area (Å²) in [5, 5.41) is 3.12. The van der Waals surface area contributed by atoms with Crippen molar-refractivity contribution in [1.29, 1.82) is 0 Å². The lowest BCUT2D eigenvalue weighted by Crippen LogP contribution is -2.50. The highest BCUT2D eigenvalue weighted by molar-refractivity contribution is 5.80. The Morgan fingerprint density at radius 3 is 2.19 bits per heavy atom. The lowest BCUT2D eigenvalue weighted by atomic mass is 9.96. The first-order chi connectivity index (χ1) is 10.1. The summed E-state index contributed by atoms with van der Waals surface area (Å²) in [4.78, 5) is 17.0. The second-order valence-electron chi connectivity index (χ2n) is 6.09. The zero-order chi connectivity index (χ0) is 15.7. The van der Waals surface area contributed by atoms with Crippen molar-refractivity contribution in [1.82, 2.24) is 15.1 Å². The van der Waals surface area contributed by atoms with Gasteiger partial charge in [0.05, 0.1) is 6.61 Å². The molecule has 1 unspecified atom stereocenters. The molecule has 0 aliphatic carbocycles. The van der Waals surface area contributed by atoms with Crippen LogP contribution in [0.5, 0.6) is 0 Å². The largest absolute Gasteiger partial charge is 0.465 e. The molecular weight excluding hydrogens is 266 g/mol. The van der Waals surface area contributed by atoms with E-state index in [4.69, 9.17) is 4.74 Å². The fourth-order valence-corrected chi connectivity index (χ4v) is 2.83. The van der Waals surface area contributed by atoms with Crippen molar-refractivity contribution in [3.63, 3.8) is 0 Å². The fraction of sp³-hybridized carbons (Fsp3) is 0.938. The third-order valence-corrected chi connectivity index (χ3v) is 4.43. The van der Waals surface area contributed by atoms with Crippen LogP contribution < -0.4 is 5.32 Å². The molecule has 124 valence electrons. The van der Waals surface area contributed by atoms with Gasteiger partial charge >= 0.3 is 5.97 Å². The summed E-state index contributed by atoms with van der Waals surface area (Å²) in [6.07, 6.45) is 3.07. The number of piperazine rings is 1. The lowest BCUT2D eigenvalue weighted by Gasteiger charge is -2.35. The summed E-state index contributed by atoms with van der Waals surface area (Å²) in [6, 6.07) is 0. The maximum atomic E-state index is 12.0. The number of esters is 1. The normalized spacial score (nSPS) is 20.2. The molecule has 21 heavy (non-hydrogen) atoms. The van der Waals surface area contributed by atoms with Gasteiger partial charge in [0.2, 0.25) is 0 Å². The van der Waals surface area contributed by atoms with E-state index in [0.29, 0.717) is 6.61 Å². The first kappa shape index (κ1) is 18.4. The third kappa shape index (κ3) is 5.93. The molecule has 0 radical (unpaired) electrons. The van der Waals surface area contributed by atoms with E-state index in [0.717, 1.165) is 32.5 Å². The molecule has 0 aromatic heterocycles. The molecule has 5 heteroatoms. The number of carbonyl (C=O) groups is 1. The second-order valence-corrected chi connectivity index (χ2v) is 6.09. The van der Waals surface area contributed by atoms with Crippen molar-refractivity contribution in [2.45, 2.75) is 45.6 Å². The second kappa shape index (κ2) is 9.38. The first-order valence-corrected chi connectivity index (χ1v) is 8.36. The number of likely N-dealkylation sites (N-methyl/N-ethyl adjacent to an activating group) is 1. The number of rotatable bonds is 9. The Bertz CT molecular complexity index is 304. The highest BCUT2D eigenvalue weighted by atomic mass is 16.5. The molecule has 0 amide bonds. The van der Waals surface area contributed by atoms with Crippen molar-refractivity contribution < 1.29 is 9.53 Å². The smallest absolute Gasteiger partial charge is 0.326 e. The van der Waals surface area contributed by atoms with E-state index in [-0.39, 0.29) is 5.97 Å². The average Bonchev–Trinajstić information content (AvgIpc) is 2.49. The number of carbonyl (C=O) groups excluding carboxylic acids is 1. The summed E-state index contributed by atoms with van der Waals surface area (Å²) in [6.45, 7) is 13.4. The third-order valence-electron chi connectivity index (χ3n) is 4.43. The van der Waals surface area contributed by atoms with Crippen molar-refractivity contribution in [2.75, 3.05) is 52.9 Å². The van der Waals surface area contributed by atoms with Crippen molar-refractivity contribution in [3.8, 4) is 0 Å². The Labute approximate surface area is 130 Å². The van der Waals surface area contributed by atoms with Crippen LogP contribution in [-0.4, -0.2) is 74.2 Å².